The molecule has 2 aliphatic heterocycles. The van der Waals surface area contributed by atoms with E-state index in [4.69, 9.17) is 0 Å². The molecular weight excluding hydrogens is 380 g/mol. The van der Waals surface area contributed by atoms with Crippen molar-refractivity contribution in [3.05, 3.63) is 58.1 Å². The van der Waals surface area contributed by atoms with Crippen LogP contribution in [0.3, 0.4) is 0 Å². The number of piperazine rings is 1. The van der Waals surface area contributed by atoms with E-state index in [9.17, 15) is 9.90 Å². The Morgan fingerprint density at radius 1 is 1.10 bits per heavy atom. The van der Waals surface area contributed by atoms with Crippen LogP contribution in [0, 0.1) is 0 Å². The van der Waals surface area contributed by atoms with Gasteiger partial charge in [-0.3, -0.25) is 9.36 Å². The molecule has 4 rings (SSSR count). The van der Waals surface area contributed by atoms with E-state index in [0.717, 1.165) is 61.8 Å². The van der Waals surface area contributed by atoms with Crippen LogP contribution in [0.1, 0.15) is 24.1 Å². The summed E-state index contributed by atoms with van der Waals surface area (Å²) in [5, 5.41) is 17.6. The molecular formula is C22H28N6O2. The Balaban J connectivity index is 1.69. The molecule has 30 heavy (non-hydrogen) atoms. The number of aliphatic hydroxyl groups is 1. The van der Waals surface area contributed by atoms with Crippen molar-refractivity contribution >= 4 is 11.5 Å². The largest absolute Gasteiger partial charge is 0.396 e. The van der Waals surface area contributed by atoms with E-state index in [2.05, 4.69) is 38.1 Å². The van der Waals surface area contributed by atoms with Crippen LogP contribution in [0.2, 0.25) is 0 Å². The van der Waals surface area contributed by atoms with Crippen molar-refractivity contribution in [2.45, 2.75) is 19.3 Å². The van der Waals surface area contributed by atoms with Gasteiger partial charge < -0.3 is 14.9 Å². The third-order valence-electron chi connectivity index (χ3n) is 5.52. The fourth-order valence-electron chi connectivity index (χ4n) is 3.72. The summed E-state index contributed by atoms with van der Waals surface area (Å²) in [4.78, 5) is 22.3. The fourth-order valence-corrected chi connectivity index (χ4v) is 3.72. The Kier molecular flexibility index (Phi) is 6.35. The van der Waals surface area contributed by atoms with Gasteiger partial charge in [-0.25, -0.2) is 4.98 Å². The van der Waals surface area contributed by atoms with Gasteiger partial charge in [-0.15, -0.1) is 0 Å². The summed E-state index contributed by atoms with van der Waals surface area (Å²) < 4.78 is 1.67. The van der Waals surface area contributed by atoms with Crippen LogP contribution in [0.15, 0.2) is 51.6 Å². The number of hydrogen-bond acceptors (Lipinski definition) is 7. The highest BCUT2D eigenvalue weighted by molar-refractivity contribution is 5.65. The standard InChI is InChI=1S/C22H28N6O2/c1-26-11-13-27(14-12-26)21-22(30)28(16-18(24-21)4-3-15-29)19-8-6-17(7-9-19)20-5-2-10-23-25-20/h5-9,16,29H,2-4,10-15H2,1H3. The predicted molar refractivity (Wildman–Crippen MR) is 117 cm³/mol. The van der Waals surface area contributed by atoms with Crippen LogP contribution in [-0.2, 0) is 6.42 Å². The van der Waals surface area contributed by atoms with Gasteiger partial charge in [-0.2, -0.15) is 10.2 Å². The van der Waals surface area contributed by atoms with E-state index in [1.54, 1.807) is 10.8 Å². The molecule has 8 heteroatoms. The quantitative estimate of drug-likeness (QED) is 0.791. The van der Waals surface area contributed by atoms with Crippen LogP contribution < -0.4 is 10.5 Å². The van der Waals surface area contributed by atoms with E-state index in [-0.39, 0.29) is 12.2 Å². The summed E-state index contributed by atoms with van der Waals surface area (Å²) in [7, 11) is 2.09. The molecule has 0 atom stereocenters. The molecule has 0 saturated carbocycles. The third kappa shape index (κ3) is 4.49. The van der Waals surface area contributed by atoms with Gasteiger partial charge in [-0.1, -0.05) is 18.2 Å². The van der Waals surface area contributed by atoms with Crippen molar-refractivity contribution in [3.8, 4) is 5.69 Å². The van der Waals surface area contributed by atoms with Gasteiger partial charge in [0.05, 0.1) is 17.9 Å². The Morgan fingerprint density at radius 2 is 1.87 bits per heavy atom. The van der Waals surface area contributed by atoms with Crippen molar-refractivity contribution in [2.75, 3.05) is 51.3 Å². The first-order chi connectivity index (χ1) is 14.7. The zero-order chi connectivity index (χ0) is 20.9. The highest BCUT2D eigenvalue weighted by atomic mass is 16.3. The highest BCUT2D eigenvalue weighted by Gasteiger charge is 2.20. The molecule has 1 N–H and O–H groups in total. The van der Waals surface area contributed by atoms with Gasteiger partial charge in [0.1, 0.15) is 0 Å². The number of azo groups is 1. The minimum Gasteiger partial charge on any atom is -0.396 e. The van der Waals surface area contributed by atoms with Gasteiger partial charge >= 0.3 is 0 Å². The Labute approximate surface area is 176 Å². The van der Waals surface area contributed by atoms with Crippen LogP contribution in [0.5, 0.6) is 0 Å². The van der Waals surface area contributed by atoms with Crippen molar-refractivity contribution in [2.24, 2.45) is 10.2 Å². The minimum atomic E-state index is -0.114. The van der Waals surface area contributed by atoms with Crippen molar-refractivity contribution in [1.82, 2.24) is 14.5 Å². The van der Waals surface area contributed by atoms with Gasteiger partial charge in [0.25, 0.3) is 5.56 Å². The molecule has 0 radical (unpaired) electrons. The van der Waals surface area contributed by atoms with Gasteiger partial charge in [0, 0.05) is 50.2 Å². The van der Waals surface area contributed by atoms with E-state index in [0.29, 0.717) is 18.7 Å². The number of aliphatic hydroxyl groups excluding tert-OH is 1. The first-order valence-corrected chi connectivity index (χ1v) is 10.5. The molecule has 0 bridgehead atoms. The van der Waals surface area contributed by atoms with E-state index in [1.807, 2.05) is 24.3 Å². The lowest BCUT2D eigenvalue weighted by atomic mass is 10.1. The average Bonchev–Trinajstić information content (AvgIpc) is 2.80. The zero-order valence-electron chi connectivity index (χ0n) is 17.4. The third-order valence-corrected chi connectivity index (χ3v) is 5.52. The van der Waals surface area contributed by atoms with Crippen molar-refractivity contribution in [1.29, 1.82) is 0 Å². The monoisotopic (exact) mass is 408 g/mol. The van der Waals surface area contributed by atoms with Crippen LogP contribution >= 0.6 is 0 Å². The number of aromatic nitrogens is 2. The summed E-state index contributed by atoms with van der Waals surface area (Å²) in [6.07, 6.45) is 6.02. The average molecular weight is 409 g/mol. The number of benzene rings is 1. The number of rotatable bonds is 6. The van der Waals surface area contributed by atoms with Gasteiger partial charge in [0.2, 0.25) is 0 Å². The van der Waals surface area contributed by atoms with E-state index >= 15 is 0 Å². The normalized spacial score (nSPS) is 17.3. The lowest BCUT2D eigenvalue weighted by Gasteiger charge is -2.33. The van der Waals surface area contributed by atoms with Crippen molar-refractivity contribution in [3.63, 3.8) is 0 Å². The van der Waals surface area contributed by atoms with E-state index in [1.165, 1.54) is 0 Å². The molecule has 2 aliphatic rings. The molecule has 1 saturated heterocycles. The first-order valence-electron chi connectivity index (χ1n) is 10.5. The van der Waals surface area contributed by atoms with Crippen LogP contribution in [0.4, 0.5) is 5.82 Å². The molecule has 1 aromatic carbocycles. The molecule has 0 amide bonds. The summed E-state index contributed by atoms with van der Waals surface area (Å²) in [6.45, 7) is 4.20. The second kappa shape index (κ2) is 9.32. The maximum atomic E-state index is 13.3. The summed E-state index contributed by atoms with van der Waals surface area (Å²) >= 11 is 0. The minimum absolute atomic E-state index is 0.100. The van der Waals surface area contributed by atoms with Crippen LogP contribution in [0.25, 0.3) is 11.4 Å². The second-order valence-corrected chi connectivity index (χ2v) is 7.74. The topological polar surface area (TPSA) is 86.3 Å². The SMILES string of the molecule is CN1CCN(c2nc(CCCO)cn(-c3ccc(C4=CCCN=N4)cc3)c2=O)CC1. The lowest BCUT2D eigenvalue weighted by Crippen LogP contribution is -2.47. The first kappa shape index (κ1) is 20.4. The zero-order valence-corrected chi connectivity index (χ0v) is 17.4. The van der Waals surface area contributed by atoms with Gasteiger partial charge in [-0.05, 0) is 38.4 Å². The summed E-state index contributed by atoms with van der Waals surface area (Å²) in [6, 6.07) is 7.82. The smallest absolute Gasteiger partial charge is 0.298 e. The highest BCUT2D eigenvalue weighted by Crippen LogP contribution is 2.22. The molecule has 0 unspecified atom stereocenters. The number of aryl methyl sites for hydroxylation is 1. The van der Waals surface area contributed by atoms with Crippen molar-refractivity contribution < 1.29 is 5.11 Å². The molecule has 3 heterocycles. The molecule has 0 aliphatic carbocycles. The van der Waals surface area contributed by atoms with Gasteiger partial charge in [0.15, 0.2) is 5.82 Å². The number of nitrogens with zero attached hydrogens (tertiary/aromatic N) is 6. The molecule has 8 nitrogen and oxygen atoms in total. The Morgan fingerprint density at radius 3 is 2.53 bits per heavy atom. The number of hydrogen-bond donors (Lipinski definition) is 1. The lowest BCUT2D eigenvalue weighted by molar-refractivity contribution is 0.288. The number of anilines is 1. The molecule has 1 fully saturated rings. The Hall–Kier alpha value is -2.84. The molecule has 158 valence electrons. The fraction of sp³-hybridized carbons (Fsp3) is 0.455. The maximum Gasteiger partial charge on any atom is 0.298 e. The molecule has 1 aromatic heterocycles. The summed E-state index contributed by atoms with van der Waals surface area (Å²) in [5.41, 5.74) is 3.35. The number of likely N-dealkylation sites (N-methyl/N-ethyl adjacent to an activating group) is 1. The predicted octanol–water partition coefficient (Wildman–Crippen LogP) is 2.11. The molecule has 0 spiro atoms. The molecule has 2 aromatic rings. The van der Waals surface area contributed by atoms with Crippen LogP contribution in [-0.4, -0.2) is 65.9 Å². The second-order valence-electron chi connectivity index (χ2n) is 7.74. The maximum absolute atomic E-state index is 13.3. The summed E-state index contributed by atoms with van der Waals surface area (Å²) in [5.74, 6) is 0.492. The van der Waals surface area contributed by atoms with E-state index < -0.39 is 0 Å². The Bertz CT molecular complexity index is 988.